The van der Waals surface area contributed by atoms with Crippen molar-refractivity contribution < 1.29 is 14.3 Å². The van der Waals surface area contributed by atoms with Crippen molar-refractivity contribution in [2.24, 2.45) is 0 Å². The highest BCUT2D eigenvalue weighted by Crippen LogP contribution is 2.35. The van der Waals surface area contributed by atoms with E-state index in [-0.39, 0.29) is 18.1 Å². The van der Waals surface area contributed by atoms with Crippen LogP contribution >= 0.6 is 0 Å². The molecule has 0 saturated carbocycles. The van der Waals surface area contributed by atoms with Gasteiger partial charge in [0, 0.05) is 5.41 Å². The Bertz CT molecular complexity index is 658. The van der Waals surface area contributed by atoms with Crippen molar-refractivity contribution in [1.29, 1.82) is 0 Å². The number of aliphatic hydroxyl groups is 1. The van der Waals surface area contributed by atoms with E-state index >= 15 is 0 Å². The molecule has 0 spiro atoms. The summed E-state index contributed by atoms with van der Waals surface area (Å²) in [6.07, 6.45) is 2.33. The Labute approximate surface area is 130 Å². The van der Waals surface area contributed by atoms with Crippen LogP contribution in [0.5, 0.6) is 5.75 Å². The largest absolute Gasteiger partial charge is 0.484 e. The molecule has 0 radical (unpaired) electrons. The van der Waals surface area contributed by atoms with Gasteiger partial charge in [0.2, 0.25) is 5.89 Å². The van der Waals surface area contributed by atoms with Crippen LogP contribution in [0.25, 0.3) is 0 Å². The summed E-state index contributed by atoms with van der Waals surface area (Å²) in [5.74, 6) is 1.88. The highest BCUT2D eigenvalue weighted by molar-refractivity contribution is 5.42. The smallest absolute Gasteiger partial charge is 0.253 e. The van der Waals surface area contributed by atoms with Crippen LogP contribution in [-0.2, 0) is 18.4 Å². The lowest BCUT2D eigenvalue weighted by Gasteiger charge is -2.23. The number of hydrogen-bond acceptors (Lipinski definition) is 5. The van der Waals surface area contributed by atoms with Crippen LogP contribution in [-0.4, -0.2) is 15.3 Å². The summed E-state index contributed by atoms with van der Waals surface area (Å²) in [5, 5.41) is 18.2. The van der Waals surface area contributed by atoms with Crippen molar-refractivity contribution in [2.45, 2.75) is 58.2 Å². The first-order chi connectivity index (χ1) is 10.4. The lowest BCUT2D eigenvalue weighted by molar-refractivity contribution is 0.154. The molecule has 1 aromatic carbocycles. The van der Waals surface area contributed by atoms with Crippen LogP contribution < -0.4 is 4.74 Å². The summed E-state index contributed by atoms with van der Waals surface area (Å²) in [7, 11) is 0. The van der Waals surface area contributed by atoms with E-state index in [0.29, 0.717) is 11.8 Å². The maximum Gasteiger partial charge on any atom is 0.253 e. The van der Waals surface area contributed by atoms with E-state index in [1.54, 1.807) is 0 Å². The molecule has 1 aliphatic carbocycles. The molecule has 1 aliphatic rings. The van der Waals surface area contributed by atoms with Gasteiger partial charge in [-0.25, -0.2) is 0 Å². The van der Waals surface area contributed by atoms with Gasteiger partial charge >= 0.3 is 0 Å². The molecule has 0 saturated heterocycles. The molecule has 1 N–H and O–H groups in total. The zero-order valence-corrected chi connectivity index (χ0v) is 13.3. The summed E-state index contributed by atoms with van der Waals surface area (Å²) < 4.78 is 11.5. The zero-order chi connectivity index (χ0) is 15.7. The van der Waals surface area contributed by atoms with E-state index in [1.807, 2.05) is 39.0 Å². The van der Waals surface area contributed by atoms with Gasteiger partial charge in [-0.3, -0.25) is 0 Å². The summed E-state index contributed by atoms with van der Waals surface area (Å²) in [5.41, 5.74) is 1.91. The monoisotopic (exact) mass is 302 g/mol. The fourth-order valence-corrected chi connectivity index (χ4v) is 2.68. The first-order valence-corrected chi connectivity index (χ1v) is 7.70. The lowest BCUT2D eigenvalue weighted by atomic mass is 9.89. The highest BCUT2D eigenvalue weighted by atomic mass is 16.5. The average molecular weight is 302 g/mol. The first kappa shape index (κ1) is 15.0. The predicted molar refractivity (Wildman–Crippen MR) is 81.7 cm³/mol. The van der Waals surface area contributed by atoms with Gasteiger partial charge in [-0.2, -0.15) is 0 Å². The third-order valence-electron chi connectivity index (χ3n) is 3.89. The van der Waals surface area contributed by atoms with Crippen LogP contribution in [0.15, 0.2) is 22.6 Å². The van der Waals surface area contributed by atoms with Crippen molar-refractivity contribution in [3.05, 3.63) is 41.1 Å². The highest BCUT2D eigenvalue weighted by Gasteiger charge is 2.23. The number of nitrogens with zero attached hydrogens (tertiary/aromatic N) is 2. The molecule has 0 unspecified atom stereocenters. The molecular formula is C17H22N2O3. The van der Waals surface area contributed by atoms with Gasteiger partial charge in [0.25, 0.3) is 5.89 Å². The molecular weight excluding hydrogens is 280 g/mol. The Morgan fingerprint density at radius 1 is 1.32 bits per heavy atom. The van der Waals surface area contributed by atoms with Crippen molar-refractivity contribution in [3.8, 4) is 5.75 Å². The summed E-state index contributed by atoms with van der Waals surface area (Å²) in [4.78, 5) is 0. The maximum atomic E-state index is 10.1. The van der Waals surface area contributed by atoms with Crippen molar-refractivity contribution >= 4 is 0 Å². The minimum Gasteiger partial charge on any atom is -0.484 e. The number of aromatic nitrogens is 2. The fourth-order valence-electron chi connectivity index (χ4n) is 2.68. The Kier molecular flexibility index (Phi) is 3.91. The number of ether oxygens (including phenoxy) is 1. The Balaban J connectivity index is 1.75. The fraction of sp³-hybridized carbons (Fsp3) is 0.529. The number of benzene rings is 1. The molecule has 1 heterocycles. The normalized spacial score (nSPS) is 18.1. The second kappa shape index (κ2) is 5.72. The molecule has 5 nitrogen and oxygen atoms in total. The molecule has 1 atom stereocenters. The van der Waals surface area contributed by atoms with Crippen molar-refractivity contribution in [1.82, 2.24) is 10.2 Å². The Hall–Kier alpha value is -1.88. The molecule has 0 amide bonds. The second-order valence-electron chi connectivity index (χ2n) is 6.77. The van der Waals surface area contributed by atoms with E-state index in [1.165, 1.54) is 0 Å². The van der Waals surface area contributed by atoms with Crippen LogP contribution in [0.4, 0.5) is 0 Å². The molecule has 0 aliphatic heterocycles. The van der Waals surface area contributed by atoms with Gasteiger partial charge in [-0.05, 0) is 36.5 Å². The third kappa shape index (κ3) is 2.99. The van der Waals surface area contributed by atoms with Crippen molar-refractivity contribution in [2.75, 3.05) is 0 Å². The van der Waals surface area contributed by atoms with Gasteiger partial charge in [-0.1, -0.05) is 32.9 Å². The third-order valence-corrected chi connectivity index (χ3v) is 3.89. The van der Waals surface area contributed by atoms with Gasteiger partial charge < -0.3 is 14.3 Å². The molecule has 118 valence electrons. The lowest BCUT2D eigenvalue weighted by Crippen LogP contribution is -2.11. The predicted octanol–water partition coefficient (Wildman–Crippen LogP) is 3.32. The minimum atomic E-state index is -0.386. The van der Waals surface area contributed by atoms with Crippen LogP contribution in [0.2, 0.25) is 0 Å². The van der Waals surface area contributed by atoms with Gasteiger partial charge in [0.05, 0.1) is 6.10 Å². The van der Waals surface area contributed by atoms with E-state index in [9.17, 15) is 5.11 Å². The maximum absolute atomic E-state index is 10.1. The second-order valence-corrected chi connectivity index (χ2v) is 6.77. The number of aliphatic hydroxyl groups excluding tert-OH is 1. The molecule has 5 heteroatoms. The van der Waals surface area contributed by atoms with Crippen molar-refractivity contribution in [3.63, 3.8) is 0 Å². The van der Waals surface area contributed by atoms with E-state index in [2.05, 4.69) is 10.2 Å². The minimum absolute atomic E-state index is 0.165. The molecule has 0 fully saturated rings. The van der Waals surface area contributed by atoms with Gasteiger partial charge in [-0.15, -0.1) is 10.2 Å². The summed E-state index contributed by atoms with van der Waals surface area (Å²) in [6, 6.07) is 5.81. The summed E-state index contributed by atoms with van der Waals surface area (Å²) in [6.45, 7) is 6.33. The molecule has 2 aromatic rings. The molecule has 1 aromatic heterocycles. The topological polar surface area (TPSA) is 68.4 Å². The number of hydrogen-bond donors (Lipinski definition) is 1. The van der Waals surface area contributed by atoms with Crippen LogP contribution in [0.3, 0.4) is 0 Å². The van der Waals surface area contributed by atoms with Gasteiger partial charge in [0.1, 0.15) is 5.75 Å². The number of rotatable bonds is 3. The number of fused-ring (bicyclic) bond motifs is 1. The standard InChI is InChI=1S/C17H22N2O3/c1-17(2,3)16-19-18-15(22-16)10-21-14-9-5-6-11-12(14)7-4-8-13(11)20/h5-6,9,13,20H,4,7-8,10H2,1-3H3/t13-/m0/s1. The first-order valence-electron chi connectivity index (χ1n) is 7.70. The average Bonchev–Trinajstić information content (AvgIpc) is 2.95. The Morgan fingerprint density at radius 2 is 2.14 bits per heavy atom. The molecule has 22 heavy (non-hydrogen) atoms. The van der Waals surface area contributed by atoms with Crippen LogP contribution in [0.1, 0.15) is 62.6 Å². The molecule has 3 rings (SSSR count). The SMILES string of the molecule is CC(C)(C)c1nnc(COc2cccc3c2CCC[C@@H]3O)o1. The zero-order valence-electron chi connectivity index (χ0n) is 13.3. The Morgan fingerprint density at radius 3 is 2.86 bits per heavy atom. The van der Waals surface area contributed by atoms with E-state index in [4.69, 9.17) is 9.15 Å². The van der Waals surface area contributed by atoms with Gasteiger partial charge in [0.15, 0.2) is 6.61 Å². The van der Waals surface area contributed by atoms with E-state index < -0.39 is 0 Å². The summed E-state index contributed by atoms with van der Waals surface area (Å²) >= 11 is 0. The molecule has 0 bridgehead atoms. The van der Waals surface area contributed by atoms with E-state index in [0.717, 1.165) is 36.1 Å². The quantitative estimate of drug-likeness (QED) is 0.942. The van der Waals surface area contributed by atoms with Crippen LogP contribution in [0, 0.1) is 0 Å².